The minimum Gasteiger partial charge on any atom is -0.469 e. The second kappa shape index (κ2) is 5.51. The molecular weight excluding hydrogens is 250 g/mol. The number of fused-ring (bicyclic) bond motifs is 1. The van der Waals surface area contributed by atoms with Gasteiger partial charge in [0.1, 0.15) is 11.6 Å². The SMILES string of the molecule is CC(N)Cc1nc(CCc2ccco2)n2ccccc12. The van der Waals surface area contributed by atoms with Crippen LogP contribution in [0.2, 0.25) is 0 Å². The van der Waals surface area contributed by atoms with Crippen LogP contribution in [0.25, 0.3) is 5.52 Å². The van der Waals surface area contributed by atoms with Crippen molar-refractivity contribution in [2.45, 2.75) is 32.2 Å². The molecule has 0 saturated heterocycles. The van der Waals surface area contributed by atoms with Gasteiger partial charge in [0.05, 0.1) is 17.5 Å². The summed E-state index contributed by atoms with van der Waals surface area (Å²) < 4.78 is 7.54. The molecule has 0 aliphatic heterocycles. The van der Waals surface area contributed by atoms with Crippen molar-refractivity contribution in [3.8, 4) is 0 Å². The zero-order valence-corrected chi connectivity index (χ0v) is 11.6. The molecule has 0 saturated carbocycles. The van der Waals surface area contributed by atoms with Crippen molar-refractivity contribution >= 4 is 5.52 Å². The van der Waals surface area contributed by atoms with Gasteiger partial charge in [-0.05, 0) is 31.2 Å². The van der Waals surface area contributed by atoms with Crippen LogP contribution in [0.15, 0.2) is 47.2 Å². The quantitative estimate of drug-likeness (QED) is 0.774. The van der Waals surface area contributed by atoms with Crippen molar-refractivity contribution in [1.29, 1.82) is 0 Å². The smallest absolute Gasteiger partial charge is 0.114 e. The number of nitrogens with two attached hydrogens (primary N) is 1. The van der Waals surface area contributed by atoms with Crippen molar-refractivity contribution in [2.24, 2.45) is 5.73 Å². The molecule has 20 heavy (non-hydrogen) atoms. The number of aromatic nitrogens is 2. The Balaban J connectivity index is 1.90. The first-order valence-electron chi connectivity index (χ1n) is 6.97. The Morgan fingerprint density at radius 3 is 2.90 bits per heavy atom. The second-order valence-corrected chi connectivity index (χ2v) is 5.19. The van der Waals surface area contributed by atoms with Crippen LogP contribution in [0.1, 0.15) is 24.2 Å². The van der Waals surface area contributed by atoms with Crippen molar-refractivity contribution in [1.82, 2.24) is 9.38 Å². The molecular formula is C16H19N3O. The van der Waals surface area contributed by atoms with Crippen LogP contribution in [0.5, 0.6) is 0 Å². The molecule has 0 spiro atoms. The normalized spacial score (nSPS) is 12.9. The van der Waals surface area contributed by atoms with Gasteiger partial charge in [0.25, 0.3) is 0 Å². The number of rotatable bonds is 5. The molecule has 1 unspecified atom stereocenters. The summed E-state index contributed by atoms with van der Waals surface area (Å²) in [7, 11) is 0. The molecule has 3 aromatic heterocycles. The molecule has 0 aliphatic rings. The molecule has 4 heteroatoms. The third kappa shape index (κ3) is 2.60. The zero-order chi connectivity index (χ0) is 13.9. The Morgan fingerprint density at radius 1 is 1.25 bits per heavy atom. The lowest BCUT2D eigenvalue weighted by atomic mass is 10.2. The van der Waals surface area contributed by atoms with E-state index in [9.17, 15) is 0 Å². The van der Waals surface area contributed by atoms with Gasteiger partial charge in [-0.1, -0.05) is 6.07 Å². The minimum atomic E-state index is 0.117. The number of hydrogen-bond donors (Lipinski definition) is 1. The number of pyridine rings is 1. The maximum absolute atomic E-state index is 5.91. The van der Waals surface area contributed by atoms with Crippen LogP contribution < -0.4 is 5.73 Å². The summed E-state index contributed by atoms with van der Waals surface area (Å²) in [5.41, 5.74) is 8.14. The van der Waals surface area contributed by atoms with Gasteiger partial charge >= 0.3 is 0 Å². The molecule has 2 N–H and O–H groups in total. The van der Waals surface area contributed by atoms with Crippen LogP contribution in [0, 0.1) is 0 Å². The Hall–Kier alpha value is -2.07. The second-order valence-electron chi connectivity index (χ2n) is 5.19. The number of aryl methyl sites for hydroxylation is 2. The van der Waals surface area contributed by atoms with E-state index in [-0.39, 0.29) is 6.04 Å². The molecule has 0 amide bonds. The van der Waals surface area contributed by atoms with Crippen molar-refractivity contribution < 1.29 is 4.42 Å². The Bertz CT molecular complexity index is 683. The highest BCUT2D eigenvalue weighted by Crippen LogP contribution is 2.16. The van der Waals surface area contributed by atoms with E-state index in [4.69, 9.17) is 15.1 Å². The highest BCUT2D eigenvalue weighted by Gasteiger charge is 2.12. The fourth-order valence-corrected chi connectivity index (χ4v) is 2.49. The van der Waals surface area contributed by atoms with Gasteiger partial charge < -0.3 is 14.6 Å². The van der Waals surface area contributed by atoms with Crippen LogP contribution in [0.4, 0.5) is 0 Å². The van der Waals surface area contributed by atoms with E-state index in [0.29, 0.717) is 0 Å². The zero-order valence-electron chi connectivity index (χ0n) is 11.6. The van der Waals surface area contributed by atoms with Crippen molar-refractivity contribution in [3.63, 3.8) is 0 Å². The van der Waals surface area contributed by atoms with Crippen LogP contribution in [-0.4, -0.2) is 15.4 Å². The topological polar surface area (TPSA) is 56.5 Å². The highest BCUT2D eigenvalue weighted by molar-refractivity contribution is 5.53. The number of furan rings is 1. The summed E-state index contributed by atoms with van der Waals surface area (Å²) in [5, 5.41) is 0. The molecule has 0 aromatic carbocycles. The predicted molar refractivity (Wildman–Crippen MR) is 78.7 cm³/mol. The average molecular weight is 269 g/mol. The van der Waals surface area contributed by atoms with E-state index in [0.717, 1.165) is 42.1 Å². The summed E-state index contributed by atoms with van der Waals surface area (Å²) in [6.07, 6.45) is 6.29. The lowest BCUT2D eigenvalue weighted by molar-refractivity contribution is 0.506. The average Bonchev–Trinajstić information content (AvgIpc) is 3.05. The summed E-state index contributed by atoms with van der Waals surface area (Å²) in [6.45, 7) is 2.01. The molecule has 1 atom stereocenters. The molecule has 3 aromatic rings. The number of hydrogen-bond acceptors (Lipinski definition) is 3. The van der Waals surface area contributed by atoms with Gasteiger partial charge in [-0.3, -0.25) is 0 Å². The van der Waals surface area contributed by atoms with Gasteiger partial charge in [0, 0.05) is 31.5 Å². The van der Waals surface area contributed by atoms with E-state index >= 15 is 0 Å². The van der Waals surface area contributed by atoms with Crippen molar-refractivity contribution in [2.75, 3.05) is 0 Å². The van der Waals surface area contributed by atoms with Gasteiger partial charge in [-0.15, -0.1) is 0 Å². The predicted octanol–water partition coefficient (Wildman–Crippen LogP) is 2.60. The summed E-state index contributed by atoms with van der Waals surface area (Å²) in [6, 6.07) is 10.2. The summed E-state index contributed by atoms with van der Waals surface area (Å²) in [4.78, 5) is 4.77. The first kappa shape index (κ1) is 12.9. The van der Waals surface area contributed by atoms with E-state index in [1.54, 1.807) is 6.26 Å². The maximum Gasteiger partial charge on any atom is 0.114 e. The monoisotopic (exact) mass is 269 g/mol. The Kier molecular flexibility index (Phi) is 3.56. The number of nitrogens with zero attached hydrogens (tertiary/aromatic N) is 2. The Morgan fingerprint density at radius 2 is 2.15 bits per heavy atom. The summed E-state index contributed by atoms with van der Waals surface area (Å²) >= 11 is 0. The van der Waals surface area contributed by atoms with E-state index in [2.05, 4.69) is 16.7 Å². The van der Waals surface area contributed by atoms with Gasteiger partial charge in [-0.25, -0.2) is 4.98 Å². The van der Waals surface area contributed by atoms with E-state index < -0.39 is 0 Å². The lowest BCUT2D eigenvalue weighted by Gasteiger charge is -2.01. The fraction of sp³-hybridized carbons (Fsp3) is 0.312. The molecule has 3 heterocycles. The third-order valence-corrected chi connectivity index (χ3v) is 3.39. The fourth-order valence-electron chi connectivity index (χ4n) is 2.49. The van der Waals surface area contributed by atoms with Crippen LogP contribution in [0.3, 0.4) is 0 Å². The standard InChI is InChI=1S/C16H19N3O/c1-12(17)11-14-15-6-2-3-9-19(15)16(18-14)8-7-13-5-4-10-20-13/h2-6,9-10,12H,7-8,11,17H2,1H3. The maximum atomic E-state index is 5.91. The lowest BCUT2D eigenvalue weighted by Crippen LogP contribution is -2.18. The molecule has 4 nitrogen and oxygen atoms in total. The largest absolute Gasteiger partial charge is 0.469 e. The van der Waals surface area contributed by atoms with Gasteiger partial charge in [0.2, 0.25) is 0 Å². The van der Waals surface area contributed by atoms with E-state index in [1.165, 1.54) is 0 Å². The van der Waals surface area contributed by atoms with Gasteiger partial charge in [0.15, 0.2) is 0 Å². The first-order chi connectivity index (χ1) is 9.74. The molecule has 0 aliphatic carbocycles. The molecule has 0 radical (unpaired) electrons. The van der Waals surface area contributed by atoms with Gasteiger partial charge in [-0.2, -0.15) is 0 Å². The van der Waals surface area contributed by atoms with Crippen LogP contribution >= 0.6 is 0 Å². The van der Waals surface area contributed by atoms with E-state index in [1.807, 2.05) is 31.2 Å². The molecule has 0 bridgehead atoms. The third-order valence-electron chi connectivity index (χ3n) is 3.39. The Labute approximate surface area is 118 Å². The highest BCUT2D eigenvalue weighted by atomic mass is 16.3. The van der Waals surface area contributed by atoms with Crippen LogP contribution in [-0.2, 0) is 19.3 Å². The molecule has 0 fully saturated rings. The summed E-state index contributed by atoms with van der Waals surface area (Å²) in [5.74, 6) is 2.05. The first-order valence-corrected chi connectivity index (χ1v) is 6.97. The molecule has 3 rings (SSSR count). The minimum absolute atomic E-state index is 0.117. The number of imidazole rings is 1. The molecule has 104 valence electrons. The van der Waals surface area contributed by atoms with Crippen molar-refractivity contribution in [3.05, 3.63) is 60.1 Å².